The van der Waals surface area contributed by atoms with Crippen LogP contribution in [0.25, 0.3) is 0 Å². The normalized spacial score (nSPS) is 22.7. The van der Waals surface area contributed by atoms with E-state index in [1.54, 1.807) is 0 Å². The van der Waals surface area contributed by atoms with Crippen LogP contribution in [0.15, 0.2) is 36.4 Å². The van der Waals surface area contributed by atoms with Gasteiger partial charge in [-0.3, -0.25) is 0 Å². The number of anilines is 2. The fraction of sp³-hybridized carbons (Fsp3) is 0.586. The van der Waals surface area contributed by atoms with Gasteiger partial charge >= 0.3 is 0 Å². The first-order chi connectivity index (χ1) is 13.7. The second-order valence-corrected chi connectivity index (χ2v) is 12.6. The highest BCUT2D eigenvalue weighted by Gasteiger charge is 2.38. The summed E-state index contributed by atoms with van der Waals surface area (Å²) in [5, 5.41) is 0. The molecule has 4 rings (SSSR count). The van der Waals surface area contributed by atoms with E-state index in [9.17, 15) is 0 Å². The molecule has 162 valence electrons. The van der Waals surface area contributed by atoms with Crippen molar-refractivity contribution < 1.29 is 0 Å². The zero-order valence-corrected chi connectivity index (χ0v) is 20.7. The molecule has 0 saturated carbocycles. The molecule has 0 heterocycles. The molecule has 0 aromatic heterocycles. The lowest BCUT2D eigenvalue weighted by molar-refractivity contribution is 0.331. The van der Waals surface area contributed by atoms with E-state index in [1.807, 2.05) is 0 Å². The summed E-state index contributed by atoms with van der Waals surface area (Å²) in [6.45, 7) is 19.2. The smallest absolute Gasteiger partial charge is 0.0411 e. The fourth-order valence-electron chi connectivity index (χ4n) is 5.72. The third kappa shape index (κ3) is 3.39. The van der Waals surface area contributed by atoms with Crippen molar-refractivity contribution in [2.24, 2.45) is 0 Å². The molecule has 1 heteroatoms. The first-order valence-electron chi connectivity index (χ1n) is 11.8. The minimum Gasteiger partial charge on any atom is -0.345 e. The topological polar surface area (TPSA) is 3.24 Å². The van der Waals surface area contributed by atoms with Gasteiger partial charge in [-0.1, -0.05) is 67.5 Å². The zero-order chi connectivity index (χ0) is 22.1. The van der Waals surface area contributed by atoms with Crippen LogP contribution in [0.4, 0.5) is 11.4 Å². The third-order valence-corrected chi connectivity index (χ3v) is 8.45. The van der Waals surface area contributed by atoms with Crippen molar-refractivity contribution in [3.05, 3.63) is 58.7 Å². The first kappa shape index (κ1) is 21.5. The van der Waals surface area contributed by atoms with E-state index in [4.69, 9.17) is 0 Å². The second kappa shape index (κ2) is 6.62. The molecule has 30 heavy (non-hydrogen) atoms. The Morgan fingerprint density at radius 1 is 0.500 bits per heavy atom. The van der Waals surface area contributed by atoms with Gasteiger partial charge in [-0.15, -0.1) is 0 Å². The van der Waals surface area contributed by atoms with E-state index < -0.39 is 0 Å². The molecule has 0 fully saturated rings. The van der Waals surface area contributed by atoms with Crippen LogP contribution >= 0.6 is 0 Å². The number of hydrogen-bond donors (Lipinski definition) is 0. The molecule has 0 N–H and O–H groups in total. The Labute approximate surface area is 184 Å². The molecule has 2 aliphatic rings. The molecule has 0 aliphatic heterocycles. The lowest BCUT2D eigenvalue weighted by atomic mass is 9.63. The highest BCUT2D eigenvalue weighted by molar-refractivity contribution is 5.67. The van der Waals surface area contributed by atoms with Gasteiger partial charge in [0.1, 0.15) is 0 Å². The maximum Gasteiger partial charge on any atom is 0.0411 e. The molecule has 0 atom stereocenters. The van der Waals surface area contributed by atoms with Crippen molar-refractivity contribution in [3.63, 3.8) is 0 Å². The number of rotatable bonds is 2. The molecule has 0 radical (unpaired) electrons. The van der Waals surface area contributed by atoms with Crippen molar-refractivity contribution >= 4 is 11.4 Å². The van der Waals surface area contributed by atoms with Crippen molar-refractivity contribution in [1.29, 1.82) is 0 Å². The predicted molar refractivity (Wildman–Crippen MR) is 132 cm³/mol. The number of fused-ring (bicyclic) bond motifs is 2. The van der Waals surface area contributed by atoms with Crippen molar-refractivity contribution in [1.82, 2.24) is 0 Å². The first-order valence-corrected chi connectivity index (χ1v) is 11.8. The molecule has 0 saturated heterocycles. The Hall–Kier alpha value is -1.76. The highest BCUT2D eigenvalue weighted by Crippen LogP contribution is 2.49. The lowest BCUT2D eigenvalue weighted by Crippen LogP contribution is -2.34. The maximum atomic E-state index is 2.46. The third-order valence-electron chi connectivity index (χ3n) is 8.45. The Kier molecular flexibility index (Phi) is 4.74. The minimum atomic E-state index is 0.240. The summed E-state index contributed by atoms with van der Waals surface area (Å²) >= 11 is 0. The van der Waals surface area contributed by atoms with Crippen LogP contribution in [0.3, 0.4) is 0 Å². The van der Waals surface area contributed by atoms with Gasteiger partial charge in [0.05, 0.1) is 0 Å². The summed E-state index contributed by atoms with van der Waals surface area (Å²) in [5.41, 5.74) is 9.73. The average molecular weight is 404 g/mol. The van der Waals surface area contributed by atoms with E-state index in [-0.39, 0.29) is 21.7 Å². The molecule has 1 nitrogen and oxygen atoms in total. The van der Waals surface area contributed by atoms with Gasteiger partial charge in [0, 0.05) is 18.4 Å². The maximum absolute atomic E-state index is 2.46. The summed E-state index contributed by atoms with van der Waals surface area (Å²) in [6, 6.07) is 14.4. The van der Waals surface area contributed by atoms with E-state index in [0.717, 1.165) is 0 Å². The van der Waals surface area contributed by atoms with Crippen LogP contribution in [-0.2, 0) is 21.7 Å². The van der Waals surface area contributed by atoms with Crippen LogP contribution in [0.5, 0.6) is 0 Å². The highest BCUT2D eigenvalue weighted by atomic mass is 15.1. The average Bonchev–Trinajstić information content (AvgIpc) is 2.68. The van der Waals surface area contributed by atoms with Gasteiger partial charge in [0.15, 0.2) is 0 Å². The Morgan fingerprint density at radius 3 is 1.13 bits per heavy atom. The van der Waals surface area contributed by atoms with Crippen LogP contribution in [-0.4, -0.2) is 7.05 Å². The molecule has 0 bridgehead atoms. The number of hydrogen-bond acceptors (Lipinski definition) is 1. The van der Waals surface area contributed by atoms with Gasteiger partial charge in [-0.2, -0.15) is 0 Å². The summed E-state index contributed by atoms with van der Waals surface area (Å²) in [5.74, 6) is 0. The molecule has 0 amide bonds. The van der Waals surface area contributed by atoms with E-state index in [0.29, 0.717) is 0 Å². The fourth-order valence-corrected chi connectivity index (χ4v) is 5.72. The van der Waals surface area contributed by atoms with Crippen molar-refractivity contribution in [2.75, 3.05) is 11.9 Å². The van der Waals surface area contributed by atoms with Gasteiger partial charge in [-0.05, 0) is 93.9 Å². The van der Waals surface area contributed by atoms with Gasteiger partial charge in [-0.25, -0.2) is 0 Å². The Bertz CT molecular complexity index is 894. The molecule has 0 spiro atoms. The largest absolute Gasteiger partial charge is 0.345 e. The molecule has 0 unspecified atom stereocenters. The summed E-state index contributed by atoms with van der Waals surface area (Å²) < 4.78 is 0. The van der Waals surface area contributed by atoms with Crippen molar-refractivity contribution in [2.45, 2.75) is 103 Å². The number of nitrogens with zero attached hydrogens (tertiary/aromatic N) is 1. The quantitative estimate of drug-likeness (QED) is 0.489. The van der Waals surface area contributed by atoms with Gasteiger partial charge in [0.25, 0.3) is 0 Å². The van der Waals surface area contributed by atoms with Gasteiger partial charge in [0.2, 0.25) is 0 Å². The van der Waals surface area contributed by atoms with Gasteiger partial charge < -0.3 is 4.90 Å². The summed E-state index contributed by atoms with van der Waals surface area (Å²) in [6.07, 6.45) is 5.03. The van der Waals surface area contributed by atoms with Crippen LogP contribution in [0.2, 0.25) is 0 Å². The summed E-state index contributed by atoms with van der Waals surface area (Å²) in [4.78, 5) is 2.38. The molecule has 2 aromatic rings. The Morgan fingerprint density at radius 2 is 0.800 bits per heavy atom. The standard InChI is InChI=1S/C29H41N/c1-26(2)14-16-28(5,6)24-18-20(10-12-22(24)26)30(9)21-11-13-23-25(19-21)29(7,8)17-15-27(23,3)4/h10-13,18-19H,14-17H2,1-9H3. The summed E-state index contributed by atoms with van der Waals surface area (Å²) in [7, 11) is 2.23. The van der Waals surface area contributed by atoms with E-state index in [2.05, 4.69) is 104 Å². The minimum absolute atomic E-state index is 0.240. The SMILES string of the molecule is CN(c1ccc2c(c1)C(C)(C)CCC2(C)C)c1ccc2c(c1)C(C)(C)CCC2(C)C. The zero-order valence-electron chi connectivity index (χ0n) is 20.7. The van der Waals surface area contributed by atoms with E-state index in [1.165, 1.54) is 59.3 Å². The monoisotopic (exact) mass is 403 g/mol. The van der Waals surface area contributed by atoms with Crippen LogP contribution in [0, 0.1) is 0 Å². The molecule has 2 aliphatic carbocycles. The Balaban J connectivity index is 1.77. The molecular weight excluding hydrogens is 362 g/mol. The van der Waals surface area contributed by atoms with Crippen LogP contribution in [0.1, 0.15) is 103 Å². The van der Waals surface area contributed by atoms with Crippen molar-refractivity contribution in [3.8, 4) is 0 Å². The van der Waals surface area contributed by atoms with E-state index >= 15 is 0 Å². The molecule has 2 aromatic carbocycles. The van der Waals surface area contributed by atoms with Crippen LogP contribution < -0.4 is 4.90 Å². The molecular formula is C29H41N. The predicted octanol–water partition coefficient (Wildman–Crippen LogP) is 8.15. The second-order valence-electron chi connectivity index (χ2n) is 12.6. The number of benzene rings is 2. The lowest BCUT2D eigenvalue weighted by Gasteiger charge is -2.43.